The number of fused-ring (bicyclic) bond motifs is 3. The number of rotatable bonds is 9. The summed E-state index contributed by atoms with van der Waals surface area (Å²) >= 11 is 0. The lowest BCUT2D eigenvalue weighted by atomic mass is 9.77. The fourth-order valence-electron chi connectivity index (χ4n) is 4.96. The largest absolute Gasteiger partial charge is 0.480 e. The summed E-state index contributed by atoms with van der Waals surface area (Å²) in [5.74, 6) is 0.513. The lowest BCUT2D eigenvalue weighted by molar-refractivity contribution is -0.149. The lowest BCUT2D eigenvalue weighted by Crippen LogP contribution is -2.56. The minimum Gasteiger partial charge on any atom is -0.480 e. The fourth-order valence-corrected chi connectivity index (χ4v) is 4.96. The van der Waals surface area contributed by atoms with Gasteiger partial charge >= 0.3 is 12.1 Å². The summed E-state index contributed by atoms with van der Waals surface area (Å²) in [5.41, 5.74) is 3.37. The first-order valence-corrected chi connectivity index (χ1v) is 11.6. The van der Waals surface area contributed by atoms with Crippen LogP contribution in [-0.4, -0.2) is 53.7 Å². The number of carboxylic acids is 1. The highest BCUT2D eigenvalue weighted by atomic mass is 16.5. The Bertz CT molecular complexity index is 1100. The van der Waals surface area contributed by atoms with Crippen LogP contribution in [-0.2, 0) is 14.3 Å². The highest BCUT2D eigenvalue weighted by Gasteiger charge is 2.42. The Balaban J connectivity index is 1.73. The number of nitrogens with one attached hydrogen (secondary N) is 1. The molecule has 0 bridgehead atoms. The minimum absolute atomic E-state index is 0.0815. The van der Waals surface area contributed by atoms with Gasteiger partial charge in [0, 0.05) is 12.0 Å². The predicted molar refractivity (Wildman–Crippen MR) is 134 cm³/mol. The van der Waals surface area contributed by atoms with Gasteiger partial charge in [0.2, 0.25) is 5.91 Å². The van der Waals surface area contributed by atoms with E-state index in [1.807, 2.05) is 50.2 Å². The van der Waals surface area contributed by atoms with Crippen molar-refractivity contribution in [3.8, 4) is 23.5 Å². The molecule has 0 heterocycles. The number of alkyl carbamates (subject to hydrolysis) is 1. The molecule has 0 saturated carbocycles. The van der Waals surface area contributed by atoms with E-state index in [2.05, 4.69) is 23.4 Å². The standard InChI is InChI=1S/C28H32N2O5/c1-6-15-30(16-24(31)32)26(33)28(4,5)25(18(2)3)29-27(34)35-17-23-21-13-9-7-11-19(21)20-12-8-10-14-22(20)23/h1,7-14,18,23,25H,15-17H2,2-5H3,(H,29,34)(H,31,32). The van der Waals surface area contributed by atoms with Gasteiger partial charge < -0.3 is 20.1 Å². The SMILES string of the molecule is C#CCN(CC(=O)O)C(=O)C(C)(C)C(NC(=O)OCC1c2ccccc2-c2ccccc21)C(C)C. The number of ether oxygens (including phenoxy) is 1. The van der Waals surface area contributed by atoms with Crippen molar-refractivity contribution in [1.29, 1.82) is 0 Å². The Kier molecular flexibility index (Phi) is 7.85. The first kappa shape index (κ1) is 25.8. The number of carbonyl (C=O) groups excluding carboxylic acids is 2. The lowest BCUT2D eigenvalue weighted by Gasteiger charge is -2.38. The first-order chi connectivity index (χ1) is 16.6. The van der Waals surface area contributed by atoms with Crippen LogP contribution >= 0.6 is 0 Å². The van der Waals surface area contributed by atoms with Crippen LogP contribution in [0, 0.1) is 23.7 Å². The average molecular weight is 477 g/mol. The molecule has 0 fully saturated rings. The molecule has 0 aromatic heterocycles. The third-order valence-electron chi connectivity index (χ3n) is 6.51. The van der Waals surface area contributed by atoms with Crippen LogP contribution in [0.3, 0.4) is 0 Å². The number of benzene rings is 2. The van der Waals surface area contributed by atoms with Gasteiger partial charge in [-0.25, -0.2) is 4.79 Å². The van der Waals surface area contributed by atoms with Gasteiger partial charge in [-0.1, -0.05) is 68.3 Å². The Morgan fingerprint density at radius 3 is 2.11 bits per heavy atom. The van der Waals surface area contributed by atoms with Gasteiger partial charge in [-0.15, -0.1) is 6.42 Å². The van der Waals surface area contributed by atoms with E-state index in [0.717, 1.165) is 27.2 Å². The van der Waals surface area contributed by atoms with Crippen LogP contribution in [0.1, 0.15) is 44.7 Å². The normalized spacial score (nSPS) is 13.4. The average Bonchev–Trinajstić information content (AvgIpc) is 3.13. The number of hydrogen-bond donors (Lipinski definition) is 2. The van der Waals surface area contributed by atoms with E-state index < -0.39 is 36.0 Å². The van der Waals surface area contributed by atoms with Crippen molar-refractivity contribution in [1.82, 2.24) is 10.2 Å². The van der Waals surface area contributed by atoms with Crippen molar-refractivity contribution in [2.75, 3.05) is 19.7 Å². The maximum Gasteiger partial charge on any atom is 0.407 e. The van der Waals surface area contributed by atoms with E-state index in [1.54, 1.807) is 13.8 Å². The van der Waals surface area contributed by atoms with Gasteiger partial charge in [0.25, 0.3) is 0 Å². The molecule has 0 saturated heterocycles. The number of carbonyl (C=O) groups is 3. The highest BCUT2D eigenvalue weighted by molar-refractivity contribution is 5.87. The van der Waals surface area contributed by atoms with Crippen molar-refractivity contribution in [3.05, 3.63) is 59.7 Å². The van der Waals surface area contributed by atoms with Crippen LogP contribution in [0.25, 0.3) is 11.1 Å². The Labute approximate surface area is 206 Å². The number of carboxylic acid groups (broad SMARTS) is 1. The monoisotopic (exact) mass is 476 g/mol. The first-order valence-electron chi connectivity index (χ1n) is 11.6. The van der Waals surface area contributed by atoms with Crippen LogP contribution in [0.4, 0.5) is 4.79 Å². The molecule has 2 aromatic carbocycles. The van der Waals surface area contributed by atoms with Crippen molar-refractivity contribution in [3.63, 3.8) is 0 Å². The van der Waals surface area contributed by atoms with Crippen LogP contribution < -0.4 is 5.32 Å². The van der Waals surface area contributed by atoms with E-state index in [0.29, 0.717) is 0 Å². The highest BCUT2D eigenvalue weighted by Crippen LogP contribution is 2.44. The Hall–Kier alpha value is -3.79. The second kappa shape index (κ2) is 10.6. The van der Waals surface area contributed by atoms with Gasteiger partial charge in [0.15, 0.2) is 0 Å². The quantitative estimate of drug-likeness (QED) is 0.531. The molecule has 35 heavy (non-hydrogen) atoms. The van der Waals surface area contributed by atoms with Gasteiger partial charge in [-0.2, -0.15) is 0 Å². The summed E-state index contributed by atoms with van der Waals surface area (Å²) in [6.07, 6.45) is 4.71. The molecule has 1 unspecified atom stereocenters. The Morgan fingerprint density at radius 2 is 1.63 bits per heavy atom. The molecular weight excluding hydrogens is 444 g/mol. The molecule has 1 atom stereocenters. The zero-order valence-electron chi connectivity index (χ0n) is 20.6. The number of hydrogen-bond acceptors (Lipinski definition) is 4. The second-order valence-corrected chi connectivity index (χ2v) is 9.67. The molecule has 0 radical (unpaired) electrons. The molecule has 7 heteroatoms. The van der Waals surface area contributed by atoms with E-state index in [-0.39, 0.29) is 25.0 Å². The molecular formula is C28H32N2O5. The molecule has 1 aliphatic carbocycles. The summed E-state index contributed by atoms with van der Waals surface area (Å²) in [4.78, 5) is 38.5. The molecule has 7 nitrogen and oxygen atoms in total. The van der Waals surface area contributed by atoms with E-state index in [9.17, 15) is 19.5 Å². The van der Waals surface area contributed by atoms with Crippen molar-refractivity contribution < 1.29 is 24.2 Å². The smallest absolute Gasteiger partial charge is 0.407 e. The van der Waals surface area contributed by atoms with Crippen molar-refractivity contribution >= 4 is 18.0 Å². The molecule has 2 N–H and O–H groups in total. The predicted octanol–water partition coefficient (Wildman–Crippen LogP) is 4.12. The molecule has 2 aromatic rings. The van der Waals surface area contributed by atoms with Gasteiger partial charge in [-0.05, 0) is 42.0 Å². The summed E-state index contributed by atoms with van der Waals surface area (Å²) in [6.45, 7) is 6.62. The van der Waals surface area contributed by atoms with Crippen LogP contribution in [0.2, 0.25) is 0 Å². The molecule has 1 aliphatic rings. The Morgan fingerprint density at radius 1 is 1.09 bits per heavy atom. The van der Waals surface area contributed by atoms with Gasteiger partial charge in [0.1, 0.15) is 13.2 Å². The minimum atomic E-state index is -1.16. The number of aliphatic carboxylic acids is 1. The summed E-state index contributed by atoms with van der Waals surface area (Å²) in [5, 5.41) is 12.0. The number of nitrogens with zero attached hydrogens (tertiary/aromatic N) is 1. The van der Waals surface area contributed by atoms with E-state index in [1.165, 1.54) is 0 Å². The molecule has 184 valence electrons. The maximum atomic E-state index is 13.2. The molecule has 0 aliphatic heterocycles. The van der Waals surface area contributed by atoms with Gasteiger partial charge in [0.05, 0.1) is 12.0 Å². The second-order valence-electron chi connectivity index (χ2n) is 9.67. The van der Waals surface area contributed by atoms with E-state index in [4.69, 9.17) is 11.2 Å². The van der Waals surface area contributed by atoms with Gasteiger partial charge in [-0.3, -0.25) is 9.59 Å². The molecule has 3 rings (SSSR count). The topological polar surface area (TPSA) is 95.9 Å². The van der Waals surface area contributed by atoms with E-state index >= 15 is 0 Å². The number of terminal acetylenes is 1. The summed E-state index contributed by atoms with van der Waals surface area (Å²) in [7, 11) is 0. The number of amides is 2. The zero-order valence-corrected chi connectivity index (χ0v) is 20.6. The van der Waals surface area contributed by atoms with Crippen molar-refractivity contribution in [2.45, 2.75) is 39.7 Å². The van der Waals surface area contributed by atoms with Crippen LogP contribution in [0.5, 0.6) is 0 Å². The zero-order chi connectivity index (χ0) is 25.8. The third-order valence-corrected chi connectivity index (χ3v) is 6.51. The molecule has 0 spiro atoms. The molecule has 2 amide bonds. The summed E-state index contributed by atoms with van der Waals surface area (Å²) in [6, 6.07) is 15.5. The van der Waals surface area contributed by atoms with Crippen molar-refractivity contribution in [2.24, 2.45) is 11.3 Å². The third kappa shape index (κ3) is 5.48. The van der Waals surface area contributed by atoms with Crippen LogP contribution in [0.15, 0.2) is 48.5 Å². The summed E-state index contributed by atoms with van der Waals surface area (Å²) < 4.78 is 5.67. The fraction of sp³-hybridized carbons (Fsp3) is 0.393. The maximum absolute atomic E-state index is 13.2.